The van der Waals surface area contributed by atoms with Gasteiger partial charge < -0.3 is 9.47 Å². The molecule has 0 atom stereocenters. The molecule has 5 heteroatoms. The number of nitrogens with zero attached hydrogens (tertiary/aromatic N) is 2. The Hall–Kier alpha value is -2.20. The number of thiocarbonyl (C=S) groups is 1. The summed E-state index contributed by atoms with van der Waals surface area (Å²) in [5, 5.41) is 2.51. The molecule has 1 heterocycles. The Bertz CT molecular complexity index is 824. The van der Waals surface area contributed by atoms with Gasteiger partial charge in [-0.1, -0.05) is 37.3 Å². The average Bonchev–Trinajstić information content (AvgIpc) is 3.11. The Morgan fingerprint density at radius 3 is 2.54 bits per heavy atom. The van der Waals surface area contributed by atoms with Crippen molar-refractivity contribution in [2.24, 2.45) is 4.99 Å². The van der Waals surface area contributed by atoms with Crippen molar-refractivity contribution in [2.75, 3.05) is 13.3 Å². The van der Waals surface area contributed by atoms with Crippen molar-refractivity contribution >= 4 is 17.4 Å². The maximum Gasteiger partial charge on any atom is 0.231 e. The molecule has 0 radical (unpaired) electrons. The zero-order valence-electron chi connectivity index (χ0n) is 14.9. The van der Waals surface area contributed by atoms with Gasteiger partial charge in [-0.25, -0.2) is 4.99 Å². The van der Waals surface area contributed by atoms with Gasteiger partial charge in [-0.3, -0.25) is 4.90 Å². The van der Waals surface area contributed by atoms with Crippen molar-refractivity contribution in [3.8, 4) is 22.6 Å². The smallest absolute Gasteiger partial charge is 0.231 e. The van der Waals surface area contributed by atoms with E-state index < -0.39 is 0 Å². The second-order valence-electron chi connectivity index (χ2n) is 6.83. The summed E-state index contributed by atoms with van der Waals surface area (Å²) in [6.07, 6.45) is 2.18. The summed E-state index contributed by atoms with van der Waals surface area (Å²) in [4.78, 5) is 6.71. The van der Waals surface area contributed by atoms with E-state index in [-0.39, 0.29) is 0 Å². The molecule has 1 aliphatic heterocycles. The number of hydrogen-bond donors (Lipinski definition) is 0. The van der Waals surface area contributed by atoms with Crippen LogP contribution in [-0.4, -0.2) is 35.5 Å². The highest BCUT2D eigenvalue weighted by Gasteiger charge is 2.32. The Labute approximate surface area is 159 Å². The van der Waals surface area contributed by atoms with Crippen LogP contribution in [0.1, 0.15) is 25.3 Å². The third-order valence-electron chi connectivity index (χ3n) is 5.29. The first-order valence-corrected chi connectivity index (χ1v) is 9.47. The molecule has 0 saturated heterocycles. The van der Waals surface area contributed by atoms with Crippen LogP contribution in [0.15, 0.2) is 47.5 Å². The quantitative estimate of drug-likeness (QED) is 0.555. The first-order valence-electron chi connectivity index (χ1n) is 9.07. The van der Waals surface area contributed by atoms with Crippen LogP contribution in [0.2, 0.25) is 0 Å². The van der Waals surface area contributed by atoms with E-state index in [2.05, 4.69) is 52.3 Å². The standard InChI is InChI=1S/C21H22N2O2S/c1-2-23(19-10-18(11-19)22-13-26)12-15-3-5-16(6-4-15)17-7-8-20-21(9-17)25-14-24-20/h3-9,18-19H,2,10-12,14H2,1H3/t18-,19+. The molecule has 134 valence electrons. The molecule has 0 aromatic heterocycles. The van der Waals surface area contributed by atoms with Crippen LogP contribution in [0.4, 0.5) is 0 Å². The largest absolute Gasteiger partial charge is 0.454 e. The van der Waals surface area contributed by atoms with Crippen molar-refractivity contribution in [1.29, 1.82) is 0 Å². The first-order chi connectivity index (χ1) is 12.8. The van der Waals surface area contributed by atoms with Crippen LogP contribution in [0, 0.1) is 0 Å². The molecule has 0 unspecified atom stereocenters. The van der Waals surface area contributed by atoms with E-state index in [0.717, 1.165) is 43.0 Å². The van der Waals surface area contributed by atoms with Crippen molar-refractivity contribution < 1.29 is 9.47 Å². The van der Waals surface area contributed by atoms with Gasteiger partial charge in [-0.2, -0.15) is 0 Å². The van der Waals surface area contributed by atoms with Gasteiger partial charge in [-0.15, -0.1) is 0 Å². The van der Waals surface area contributed by atoms with Crippen LogP contribution < -0.4 is 9.47 Å². The molecule has 0 amide bonds. The maximum absolute atomic E-state index is 5.48. The molecule has 0 spiro atoms. The van der Waals surface area contributed by atoms with Crippen LogP contribution in [-0.2, 0) is 6.54 Å². The van der Waals surface area contributed by atoms with Gasteiger partial charge in [0.15, 0.2) is 11.5 Å². The molecule has 0 N–H and O–H groups in total. The Morgan fingerprint density at radius 1 is 1.08 bits per heavy atom. The van der Waals surface area contributed by atoms with E-state index in [1.807, 2.05) is 12.1 Å². The monoisotopic (exact) mass is 366 g/mol. The highest BCUT2D eigenvalue weighted by Crippen LogP contribution is 2.36. The first kappa shape index (κ1) is 17.2. The summed E-state index contributed by atoms with van der Waals surface area (Å²) >= 11 is 4.70. The van der Waals surface area contributed by atoms with Crippen LogP contribution in [0.5, 0.6) is 11.5 Å². The van der Waals surface area contributed by atoms with Crippen LogP contribution in [0.3, 0.4) is 0 Å². The van der Waals surface area contributed by atoms with E-state index in [9.17, 15) is 0 Å². The highest BCUT2D eigenvalue weighted by molar-refractivity contribution is 7.78. The maximum atomic E-state index is 5.48. The Morgan fingerprint density at radius 2 is 1.81 bits per heavy atom. The predicted molar refractivity (Wildman–Crippen MR) is 106 cm³/mol. The normalized spacial score (nSPS) is 20.5. The summed E-state index contributed by atoms with van der Waals surface area (Å²) in [5.41, 5.74) is 3.67. The molecule has 2 aromatic rings. The Kier molecular flexibility index (Phi) is 5.02. The SMILES string of the molecule is CCN(Cc1ccc(-c2ccc3c(c2)OCO3)cc1)[C@H]1C[C@@H](N=C=S)C1. The molecule has 26 heavy (non-hydrogen) atoms. The number of aliphatic imine (C=N–C) groups is 1. The molecule has 1 aliphatic carbocycles. The molecule has 2 aliphatic rings. The number of isothiocyanates is 1. The minimum atomic E-state index is 0.308. The molecular formula is C21H22N2O2S. The number of rotatable bonds is 6. The third-order valence-corrected chi connectivity index (χ3v) is 5.40. The fourth-order valence-electron chi connectivity index (χ4n) is 3.65. The molecule has 2 aromatic carbocycles. The lowest BCUT2D eigenvalue weighted by Crippen LogP contribution is -2.46. The van der Waals surface area contributed by atoms with Crippen LogP contribution >= 0.6 is 12.2 Å². The summed E-state index contributed by atoms with van der Waals surface area (Å²) in [5.74, 6) is 1.64. The van der Waals surface area contributed by atoms with E-state index in [0.29, 0.717) is 18.9 Å². The lowest BCUT2D eigenvalue weighted by Gasteiger charge is -2.40. The number of benzene rings is 2. The summed E-state index contributed by atoms with van der Waals surface area (Å²) in [6, 6.07) is 15.9. The van der Waals surface area contributed by atoms with Crippen molar-refractivity contribution in [3.05, 3.63) is 48.0 Å². The van der Waals surface area contributed by atoms with Crippen LogP contribution in [0.25, 0.3) is 11.1 Å². The lowest BCUT2D eigenvalue weighted by atomic mass is 9.85. The third kappa shape index (κ3) is 3.51. The summed E-state index contributed by atoms with van der Waals surface area (Å²) in [6.45, 7) is 4.54. The van der Waals surface area contributed by atoms with Gasteiger partial charge in [0.05, 0.1) is 11.2 Å². The molecule has 4 rings (SSSR count). The Balaban J connectivity index is 1.42. The topological polar surface area (TPSA) is 34.1 Å². The summed E-state index contributed by atoms with van der Waals surface area (Å²) < 4.78 is 10.9. The fraction of sp³-hybridized carbons (Fsp3) is 0.381. The molecule has 1 fully saturated rings. The van der Waals surface area contributed by atoms with Gasteiger partial charge >= 0.3 is 0 Å². The van der Waals surface area contributed by atoms with Gasteiger partial charge in [0.2, 0.25) is 6.79 Å². The zero-order chi connectivity index (χ0) is 17.9. The van der Waals surface area contributed by atoms with Crippen molar-refractivity contribution in [2.45, 2.75) is 38.4 Å². The highest BCUT2D eigenvalue weighted by atomic mass is 32.1. The number of hydrogen-bond acceptors (Lipinski definition) is 5. The predicted octanol–water partition coefficient (Wildman–Crippen LogP) is 4.54. The van der Waals surface area contributed by atoms with E-state index in [1.54, 1.807) is 0 Å². The van der Waals surface area contributed by atoms with Gasteiger partial charge in [0.1, 0.15) is 0 Å². The van der Waals surface area contributed by atoms with E-state index in [4.69, 9.17) is 21.7 Å². The molecule has 4 nitrogen and oxygen atoms in total. The van der Waals surface area contributed by atoms with Gasteiger partial charge in [0.25, 0.3) is 0 Å². The van der Waals surface area contributed by atoms with E-state index >= 15 is 0 Å². The van der Waals surface area contributed by atoms with Crippen molar-refractivity contribution in [1.82, 2.24) is 4.90 Å². The second-order valence-corrected chi connectivity index (χ2v) is 7.01. The second kappa shape index (κ2) is 7.58. The minimum absolute atomic E-state index is 0.308. The van der Waals surface area contributed by atoms with Crippen molar-refractivity contribution in [3.63, 3.8) is 0 Å². The van der Waals surface area contributed by atoms with Gasteiger partial charge in [0, 0.05) is 12.6 Å². The summed E-state index contributed by atoms with van der Waals surface area (Å²) in [7, 11) is 0. The lowest BCUT2D eigenvalue weighted by molar-refractivity contribution is 0.110. The number of ether oxygens (including phenoxy) is 2. The fourth-order valence-corrected chi connectivity index (χ4v) is 3.80. The molecule has 1 saturated carbocycles. The zero-order valence-corrected chi connectivity index (χ0v) is 15.7. The van der Waals surface area contributed by atoms with Gasteiger partial charge in [-0.05, 0) is 60.4 Å². The molecular weight excluding hydrogens is 344 g/mol. The number of fused-ring (bicyclic) bond motifs is 1. The average molecular weight is 366 g/mol. The van der Waals surface area contributed by atoms with E-state index in [1.165, 1.54) is 11.1 Å². The molecule has 0 bridgehead atoms. The minimum Gasteiger partial charge on any atom is -0.454 e.